The van der Waals surface area contributed by atoms with Gasteiger partial charge < -0.3 is 10.3 Å². The average molecular weight is 245 g/mol. The van der Waals surface area contributed by atoms with Crippen LogP contribution in [-0.2, 0) is 6.54 Å². The van der Waals surface area contributed by atoms with E-state index in [0.717, 1.165) is 17.7 Å². The lowest BCUT2D eigenvalue weighted by Crippen LogP contribution is -2.17. The molecule has 0 spiro atoms. The summed E-state index contributed by atoms with van der Waals surface area (Å²) < 4.78 is 0. The van der Waals surface area contributed by atoms with Gasteiger partial charge in [0.2, 0.25) is 0 Å². The summed E-state index contributed by atoms with van der Waals surface area (Å²) >= 11 is 0. The molecule has 0 fully saturated rings. The van der Waals surface area contributed by atoms with Crippen LogP contribution in [0, 0.1) is 10.1 Å². The molecule has 0 radical (unpaired) electrons. The third-order valence-electron chi connectivity index (χ3n) is 2.86. The summed E-state index contributed by atoms with van der Waals surface area (Å²) in [6.45, 7) is 2.72. The van der Waals surface area contributed by atoms with Crippen molar-refractivity contribution in [2.24, 2.45) is 0 Å². The van der Waals surface area contributed by atoms with E-state index in [4.69, 9.17) is 0 Å². The molecule has 2 rings (SSSR count). The second kappa shape index (κ2) is 5.46. The Morgan fingerprint density at radius 2 is 2.28 bits per heavy atom. The molecule has 5 heteroatoms. The molecule has 0 aliphatic carbocycles. The Hall–Kier alpha value is -2.14. The molecular formula is C13H15N3O2. The highest BCUT2D eigenvalue weighted by Crippen LogP contribution is 2.19. The third-order valence-corrected chi connectivity index (χ3v) is 2.86. The number of rotatable bonds is 5. The first-order valence-corrected chi connectivity index (χ1v) is 5.76. The molecule has 1 atom stereocenters. The summed E-state index contributed by atoms with van der Waals surface area (Å²) in [6.07, 6.45) is 3.79. The molecule has 1 heterocycles. The van der Waals surface area contributed by atoms with E-state index in [2.05, 4.69) is 10.3 Å². The number of aromatic nitrogens is 1. The van der Waals surface area contributed by atoms with E-state index in [9.17, 15) is 10.1 Å². The van der Waals surface area contributed by atoms with Crippen molar-refractivity contribution in [2.45, 2.75) is 19.5 Å². The number of nitro benzene ring substituents is 1. The van der Waals surface area contributed by atoms with E-state index >= 15 is 0 Å². The smallest absolute Gasteiger partial charge is 0.269 e. The van der Waals surface area contributed by atoms with Crippen LogP contribution in [0.4, 0.5) is 5.69 Å². The van der Waals surface area contributed by atoms with Gasteiger partial charge >= 0.3 is 0 Å². The van der Waals surface area contributed by atoms with Crippen LogP contribution in [0.5, 0.6) is 0 Å². The average Bonchev–Trinajstić information content (AvgIpc) is 2.89. The summed E-state index contributed by atoms with van der Waals surface area (Å²) in [7, 11) is 0. The molecule has 0 bridgehead atoms. The zero-order chi connectivity index (χ0) is 13.0. The van der Waals surface area contributed by atoms with Crippen molar-refractivity contribution < 1.29 is 4.92 Å². The standard InChI is InChI=1S/C13H15N3O2/c1-10(15-9-11-5-6-14-8-11)12-3-2-4-13(7-12)16(17)18/h2-8,10,14-15H,9H2,1H3. The number of H-pyrrole nitrogens is 1. The van der Waals surface area contributed by atoms with Gasteiger partial charge in [0.1, 0.15) is 0 Å². The topological polar surface area (TPSA) is 71.0 Å². The minimum atomic E-state index is -0.373. The molecule has 1 aromatic heterocycles. The second-order valence-electron chi connectivity index (χ2n) is 4.17. The zero-order valence-corrected chi connectivity index (χ0v) is 10.1. The maximum Gasteiger partial charge on any atom is 0.269 e. The molecule has 2 aromatic rings. The highest BCUT2D eigenvalue weighted by Gasteiger charge is 2.10. The fourth-order valence-electron chi connectivity index (χ4n) is 1.76. The lowest BCUT2D eigenvalue weighted by molar-refractivity contribution is -0.384. The van der Waals surface area contributed by atoms with Gasteiger partial charge in [-0.25, -0.2) is 0 Å². The van der Waals surface area contributed by atoms with Gasteiger partial charge in [-0.15, -0.1) is 0 Å². The van der Waals surface area contributed by atoms with Gasteiger partial charge in [-0.2, -0.15) is 0 Å². The van der Waals surface area contributed by atoms with Gasteiger partial charge in [0, 0.05) is 37.1 Å². The summed E-state index contributed by atoms with van der Waals surface area (Å²) in [5.41, 5.74) is 2.20. The van der Waals surface area contributed by atoms with E-state index in [-0.39, 0.29) is 16.7 Å². The second-order valence-corrected chi connectivity index (χ2v) is 4.17. The normalized spacial score (nSPS) is 12.3. The zero-order valence-electron chi connectivity index (χ0n) is 10.1. The number of nitro groups is 1. The van der Waals surface area contributed by atoms with Crippen molar-refractivity contribution in [3.63, 3.8) is 0 Å². The minimum Gasteiger partial charge on any atom is -0.367 e. The third kappa shape index (κ3) is 2.95. The predicted molar refractivity (Wildman–Crippen MR) is 69.1 cm³/mol. The number of non-ortho nitro benzene ring substituents is 1. The first-order valence-electron chi connectivity index (χ1n) is 5.76. The SMILES string of the molecule is CC(NCc1cc[nH]c1)c1cccc([N+](=O)[O-])c1. The van der Waals surface area contributed by atoms with Crippen LogP contribution < -0.4 is 5.32 Å². The largest absolute Gasteiger partial charge is 0.367 e. The molecule has 18 heavy (non-hydrogen) atoms. The van der Waals surface area contributed by atoms with E-state index in [1.54, 1.807) is 12.1 Å². The summed E-state index contributed by atoms with van der Waals surface area (Å²) in [5.74, 6) is 0. The van der Waals surface area contributed by atoms with Crippen LogP contribution in [-0.4, -0.2) is 9.91 Å². The molecule has 1 aromatic carbocycles. The molecule has 1 unspecified atom stereocenters. The Labute approximate surface area is 105 Å². The Balaban J connectivity index is 2.02. The Morgan fingerprint density at radius 3 is 2.94 bits per heavy atom. The summed E-state index contributed by atoms with van der Waals surface area (Å²) in [6, 6.07) is 8.77. The number of aromatic amines is 1. The number of nitrogens with zero attached hydrogens (tertiary/aromatic N) is 1. The lowest BCUT2D eigenvalue weighted by Gasteiger charge is -2.13. The molecule has 2 N–H and O–H groups in total. The summed E-state index contributed by atoms with van der Waals surface area (Å²) in [5, 5.41) is 14.0. The molecule has 0 amide bonds. The Morgan fingerprint density at radius 1 is 1.44 bits per heavy atom. The van der Waals surface area contributed by atoms with E-state index in [1.165, 1.54) is 6.07 Å². The molecular weight excluding hydrogens is 230 g/mol. The predicted octanol–water partition coefficient (Wildman–Crippen LogP) is 2.77. The van der Waals surface area contributed by atoms with Crippen molar-refractivity contribution >= 4 is 5.69 Å². The molecule has 0 aliphatic heterocycles. The van der Waals surface area contributed by atoms with Crippen molar-refractivity contribution in [3.05, 3.63) is 64.0 Å². The quantitative estimate of drug-likeness (QED) is 0.628. The van der Waals surface area contributed by atoms with Gasteiger partial charge in [-0.3, -0.25) is 10.1 Å². The highest BCUT2D eigenvalue weighted by atomic mass is 16.6. The fraction of sp³-hybridized carbons (Fsp3) is 0.231. The fourth-order valence-corrected chi connectivity index (χ4v) is 1.76. The maximum absolute atomic E-state index is 10.7. The highest BCUT2D eigenvalue weighted by molar-refractivity contribution is 5.35. The number of hydrogen-bond donors (Lipinski definition) is 2. The van der Waals surface area contributed by atoms with Gasteiger partial charge in [0.05, 0.1) is 4.92 Å². The molecule has 94 valence electrons. The van der Waals surface area contributed by atoms with E-state index in [1.807, 2.05) is 31.5 Å². The van der Waals surface area contributed by atoms with Crippen LogP contribution in [0.3, 0.4) is 0 Å². The van der Waals surface area contributed by atoms with Gasteiger partial charge in [0.25, 0.3) is 5.69 Å². The first-order chi connectivity index (χ1) is 8.66. The van der Waals surface area contributed by atoms with Gasteiger partial charge in [0.15, 0.2) is 0 Å². The molecule has 0 aliphatic rings. The van der Waals surface area contributed by atoms with Crippen molar-refractivity contribution in [1.29, 1.82) is 0 Å². The van der Waals surface area contributed by atoms with E-state index in [0.29, 0.717) is 0 Å². The van der Waals surface area contributed by atoms with Crippen LogP contribution in [0.2, 0.25) is 0 Å². The van der Waals surface area contributed by atoms with Gasteiger partial charge in [-0.1, -0.05) is 12.1 Å². The summed E-state index contributed by atoms with van der Waals surface area (Å²) in [4.78, 5) is 13.3. The number of benzene rings is 1. The number of nitrogens with one attached hydrogen (secondary N) is 2. The van der Waals surface area contributed by atoms with E-state index < -0.39 is 0 Å². The van der Waals surface area contributed by atoms with Crippen LogP contribution >= 0.6 is 0 Å². The Bertz CT molecular complexity index is 523. The van der Waals surface area contributed by atoms with Crippen LogP contribution in [0.15, 0.2) is 42.7 Å². The lowest BCUT2D eigenvalue weighted by atomic mass is 10.1. The molecule has 0 saturated carbocycles. The van der Waals surface area contributed by atoms with Crippen LogP contribution in [0.25, 0.3) is 0 Å². The van der Waals surface area contributed by atoms with Crippen molar-refractivity contribution in [1.82, 2.24) is 10.3 Å². The van der Waals surface area contributed by atoms with Crippen LogP contribution in [0.1, 0.15) is 24.1 Å². The van der Waals surface area contributed by atoms with Crippen molar-refractivity contribution in [2.75, 3.05) is 0 Å². The van der Waals surface area contributed by atoms with Gasteiger partial charge in [-0.05, 0) is 24.1 Å². The first kappa shape index (κ1) is 12.3. The number of hydrogen-bond acceptors (Lipinski definition) is 3. The monoisotopic (exact) mass is 245 g/mol. The molecule has 0 saturated heterocycles. The van der Waals surface area contributed by atoms with Crippen molar-refractivity contribution in [3.8, 4) is 0 Å². The minimum absolute atomic E-state index is 0.0693. The molecule has 5 nitrogen and oxygen atoms in total. The maximum atomic E-state index is 10.7. The Kier molecular flexibility index (Phi) is 3.74.